The zero-order valence-electron chi connectivity index (χ0n) is 9.11. The lowest BCUT2D eigenvalue weighted by molar-refractivity contribution is 0.0697. The molecule has 86 valence electrons. The number of nitrogens with one attached hydrogen (secondary N) is 1. The van der Waals surface area contributed by atoms with Crippen LogP contribution >= 0.6 is 0 Å². The highest BCUT2D eigenvalue weighted by atomic mass is 16.5. The Morgan fingerprint density at radius 3 is 2.69 bits per heavy atom. The lowest BCUT2D eigenvalue weighted by Gasteiger charge is -2.09. The Bertz CT molecular complexity index is 414. The van der Waals surface area contributed by atoms with Gasteiger partial charge in [-0.25, -0.2) is 9.59 Å². The first-order valence-electron chi connectivity index (χ1n) is 4.83. The molecule has 0 saturated carbocycles. The normalized spacial score (nSPS) is 9.62. The Hall–Kier alpha value is -2.04. The van der Waals surface area contributed by atoms with Gasteiger partial charge >= 0.3 is 12.1 Å². The third-order valence-corrected chi connectivity index (χ3v) is 2.00. The molecular weight excluding hydrogens is 210 g/mol. The van der Waals surface area contributed by atoms with Crippen LogP contribution in [-0.2, 0) is 4.74 Å². The van der Waals surface area contributed by atoms with Crippen molar-refractivity contribution in [2.45, 2.75) is 13.8 Å². The summed E-state index contributed by atoms with van der Waals surface area (Å²) in [5.41, 5.74) is 0.906. The van der Waals surface area contributed by atoms with Gasteiger partial charge in [0.2, 0.25) is 0 Å². The second-order valence-corrected chi connectivity index (χ2v) is 3.15. The molecule has 0 heterocycles. The molecule has 0 radical (unpaired) electrons. The topological polar surface area (TPSA) is 75.6 Å². The lowest BCUT2D eigenvalue weighted by atomic mass is 10.1. The number of carbonyl (C=O) groups is 2. The van der Waals surface area contributed by atoms with Crippen molar-refractivity contribution in [1.29, 1.82) is 0 Å². The summed E-state index contributed by atoms with van der Waals surface area (Å²) in [4.78, 5) is 22.2. The van der Waals surface area contributed by atoms with Gasteiger partial charge in [-0.1, -0.05) is 12.1 Å². The molecule has 0 atom stereocenters. The summed E-state index contributed by atoms with van der Waals surface area (Å²) in [6, 6.07) is 4.86. The van der Waals surface area contributed by atoms with Crippen LogP contribution in [0.3, 0.4) is 0 Å². The van der Waals surface area contributed by atoms with Crippen LogP contribution in [0, 0.1) is 6.92 Å². The Morgan fingerprint density at radius 2 is 2.12 bits per heavy atom. The molecule has 0 fully saturated rings. The van der Waals surface area contributed by atoms with Crippen molar-refractivity contribution in [2.24, 2.45) is 0 Å². The minimum absolute atomic E-state index is 0.0792. The largest absolute Gasteiger partial charge is 0.478 e. The van der Waals surface area contributed by atoms with Crippen molar-refractivity contribution in [2.75, 3.05) is 11.9 Å². The zero-order valence-corrected chi connectivity index (χ0v) is 9.11. The van der Waals surface area contributed by atoms with Crippen molar-refractivity contribution >= 4 is 17.7 Å². The fourth-order valence-electron chi connectivity index (χ4n) is 1.33. The number of hydrogen-bond donors (Lipinski definition) is 2. The number of anilines is 1. The van der Waals surface area contributed by atoms with Gasteiger partial charge in [0.1, 0.15) is 0 Å². The predicted octanol–water partition coefficient (Wildman–Crippen LogP) is 2.26. The maximum Gasteiger partial charge on any atom is 0.411 e. The van der Waals surface area contributed by atoms with Crippen LogP contribution in [-0.4, -0.2) is 23.8 Å². The van der Waals surface area contributed by atoms with E-state index in [0.717, 1.165) is 0 Å². The molecule has 0 spiro atoms. The summed E-state index contributed by atoms with van der Waals surface area (Å²) in [6.45, 7) is 3.58. The number of aromatic carboxylic acids is 1. The third kappa shape index (κ3) is 2.73. The van der Waals surface area contributed by atoms with E-state index in [1.54, 1.807) is 26.0 Å². The molecule has 16 heavy (non-hydrogen) atoms. The maximum absolute atomic E-state index is 11.2. The van der Waals surface area contributed by atoms with Gasteiger partial charge in [-0.05, 0) is 25.5 Å². The minimum Gasteiger partial charge on any atom is -0.478 e. The van der Waals surface area contributed by atoms with E-state index in [1.807, 2.05) is 0 Å². The number of amides is 1. The quantitative estimate of drug-likeness (QED) is 0.824. The summed E-state index contributed by atoms with van der Waals surface area (Å²) >= 11 is 0. The van der Waals surface area contributed by atoms with Gasteiger partial charge in [-0.15, -0.1) is 0 Å². The highest BCUT2D eigenvalue weighted by Gasteiger charge is 2.14. The molecule has 1 aromatic rings. The van der Waals surface area contributed by atoms with Crippen LogP contribution in [0.1, 0.15) is 22.8 Å². The molecule has 0 aliphatic rings. The van der Waals surface area contributed by atoms with E-state index in [-0.39, 0.29) is 17.9 Å². The van der Waals surface area contributed by atoms with Gasteiger partial charge in [-0.2, -0.15) is 0 Å². The summed E-state index contributed by atoms with van der Waals surface area (Å²) in [6.07, 6.45) is -0.657. The van der Waals surface area contributed by atoms with Crippen molar-refractivity contribution in [1.82, 2.24) is 0 Å². The Kier molecular flexibility index (Phi) is 3.88. The SMILES string of the molecule is CCOC(=O)Nc1cccc(C)c1C(=O)O. The van der Waals surface area contributed by atoms with Crippen LogP contribution in [0.4, 0.5) is 10.5 Å². The van der Waals surface area contributed by atoms with Crippen LogP contribution < -0.4 is 5.32 Å². The second-order valence-electron chi connectivity index (χ2n) is 3.15. The number of ether oxygens (including phenoxy) is 1. The number of carboxylic acid groups (broad SMARTS) is 1. The second kappa shape index (κ2) is 5.16. The first-order valence-corrected chi connectivity index (χ1v) is 4.83. The molecule has 0 aliphatic carbocycles. The molecule has 0 unspecified atom stereocenters. The summed E-state index contributed by atoms with van der Waals surface area (Å²) < 4.78 is 4.68. The van der Waals surface area contributed by atoms with E-state index in [9.17, 15) is 9.59 Å². The number of carbonyl (C=O) groups excluding carboxylic acids is 1. The molecule has 1 amide bonds. The Labute approximate surface area is 93.0 Å². The number of rotatable bonds is 3. The first kappa shape index (κ1) is 12.0. The van der Waals surface area contributed by atoms with E-state index in [4.69, 9.17) is 5.11 Å². The van der Waals surface area contributed by atoms with Crippen LogP contribution in [0.5, 0.6) is 0 Å². The monoisotopic (exact) mass is 223 g/mol. The molecule has 1 aromatic carbocycles. The summed E-state index contributed by atoms with van der Waals surface area (Å²) in [5.74, 6) is -1.08. The Morgan fingerprint density at radius 1 is 1.44 bits per heavy atom. The smallest absolute Gasteiger partial charge is 0.411 e. The van der Waals surface area contributed by atoms with Crippen molar-refractivity contribution in [3.63, 3.8) is 0 Å². The fraction of sp³-hybridized carbons (Fsp3) is 0.273. The van der Waals surface area contributed by atoms with E-state index >= 15 is 0 Å². The van der Waals surface area contributed by atoms with Gasteiger partial charge < -0.3 is 9.84 Å². The number of carboxylic acids is 1. The summed E-state index contributed by atoms with van der Waals surface area (Å²) in [7, 11) is 0. The van der Waals surface area contributed by atoms with Crippen LogP contribution in [0.15, 0.2) is 18.2 Å². The molecule has 5 nitrogen and oxygen atoms in total. The van der Waals surface area contributed by atoms with Gasteiger partial charge in [-0.3, -0.25) is 5.32 Å². The highest BCUT2D eigenvalue weighted by molar-refractivity contribution is 5.99. The average molecular weight is 223 g/mol. The standard InChI is InChI=1S/C11H13NO4/c1-3-16-11(15)12-8-6-4-5-7(2)9(8)10(13)14/h4-6H,3H2,1-2H3,(H,12,15)(H,13,14). The van der Waals surface area contributed by atoms with E-state index in [1.165, 1.54) is 6.07 Å². The van der Waals surface area contributed by atoms with Crippen molar-refractivity contribution in [3.8, 4) is 0 Å². The number of hydrogen-bond acceptors (Lipinski definition) is 3. The third-order valence-electron chi connectivity index (χ3n) is 2.00. The van der Waals surface area contributed by atoms with Crippen molar-refractivity contribution in [3.05, 3.63) is 29.3 Å². The fourth-order valence-corrected chi connectivity index (χ4v) is 1.33. The molecule has 0 aliphatic heterocycles. The van der Waals surface area contributed by atoms with Crippen LogP contribution in [0.2, 0.25) is 0 Å². The van der Waals surface area contributed by atoms with E-state index < -0.39 is 12.1 Å². The van der Waals surface area contributed by atoms with E-state index in [2.05, 4.69) is 10.1 Å². The van der Waals surface area contributed by atoms with Gasteiger partial charge in [0.05, 0.1) is 17.9 Å². The predicted molar refractivity (Wildman–Crippen MR) is 58.8 cm³/mol. The zero-order chi connectivity index (χ0) is 12.1. The van der Waals surface area contributed by atoms with Gasteiger partial charge in [0.25, 0.3) is 0 Å². The molecule has 0 saturated heterocycles. The van der Waals surface area contributed by atoms with Gasteiger partial charge in [0, 0.05) is 0 Å². The highest BCUT2D eigenvalue weighted by Crippen LogP contribution is 2.19. The van der Waals surface area contributed by atoms with Crippen molar-refractivity contribution < 1.29 is 19.4 Å². The maximum atomic E-state index is 11.2. The lowest BCUT2D eigenvalue weighted by Crippen LogP contribution is -2.16. The Balaban J connectivity index is 3.00. The first-order chi connectivity index (χ1) is 7.56. The van der Waals surface area contributed by atoms with Crippen LogP contribution in [0.25, 0.3) is 0 Å². The summed E-state index contributed by atoms with van der Waals surface area (Å²) in [5, 5.41) is 11.4. The molecular formula is C11H13NO4. The van der Waals surface area contributed by atoms with Gasteiger partial charge in [0.15, 0.2) is 0 Å². The molecule has 0 bridgehead atoms. The molecule has 2 N–H and O–H groups in total. The van der Waals surface area contributed by atoms with E-state index in [0.29, 0.717) is 5.56 Å². The molecule has 0 aromatic heterocycles. The number of benzene rings is 1. The average Bonchev–Trinajstić information content (AvgIpc) is 2.17. The minimum atomic E-state index is -1.08. The molecule has 5 heteroatoms. The number of aryl methyl sites for hydroxylation is 1. The molecule has 1 rings (SSSR count).